The van der Waals surface area contributed by atoms with E-state index in [2.05, 4.69) is 14.9 Å². The zero-order valence-corrected chi connectivity index (χ0v) is 21.6. The van der Waals surface area contributed by atoms with Gasteiger partial charge in [0.25, 0.3) is 5.56 Å². The van der Waals surface area contributed by atoms with Crippen LogP contribution in [-0.2, 0) is 14.8 Å². The zero-order chi connectivity index (χ0) is 26.7. The summed E-state index contributed by atoms with van der Waals surface area (Å²) in [6, 6.07) is 13.2. The molecule has 5 rings (SSSR count). The zero-order valence-electron chi connectivity index (χ0n) is 20.7. The van der Waals surface area contributed by atoms with E-state index in [4.69, 9.17) is 19.3 Å². The Hall–Kier alpha value is -3.84. The molecule has 0 spiro atoms. The molecule has 0 saturated carbocycles. The van der Waals surface area contributed by atoms with Gasteiger partial charge in [-0.1, -0.05) is 12.1 Å². The third kappa shape index (κ3) is 5.53. The van der Waals surface area contributed by atoms with E-state index in [0.29, 0.717) is 47.9 Å². The number of pyridine rings is 2. The molecule has 0 unspecified atom stereocenters. The lowest BCUT2D eigenvalue weighted by molar-refractivity contribution is 0.0320. The molecule has 11 nitrogen and oxygen atoms in total. The van der Waals surface area contributed by atoms with Crippen LogP contribution in [0.5, 0.6) is 11.6 Å². The van der Waals surface area contributed by atoms with Gasteiger partial charge in [0, 0.05) is 43.2 Å². The normalized spacial score (nSPS) is 14.5. The van der Waals surface area contributed by atoms with Crippen molar-refractivity contribution >= 4 is 15.7 Å². The summed E-state index contributed by atoms with van der Waals surface area (Å²) in [4.78, 5) is 24.0. The average molecular weight is 538 g/mol. The Balaban J connectivity index is 1.45. The van der Waals surface area contributed by atoms with E-state index in [9.17, 15) is 13.2 Å². The standard InChI is InChI=1S/C26H27N5O6S/c1-35-21-6-4-18(15-22(21)38(27,33)34)20-3-2-8-28-26(20)19-5-7-23-29-24(16-25(32)31(23)17-19)37-14-11-30-9-12-36-13-10-30/h2-8,15-17H,9-14H2,1H3,(H2,27,33,34). The van der Waals surface area contributed by atoms with Gasteiger partial charge >= 0.3 is 0 Å². The fourth-order valence-electron chi connectivity index (χ4n) is 4.33. The van der Waals surface area contributed by atoms with E-state index >= 15 is 0 Å². The molecule has 1 aromatic carbocycles. The summed E-state index contributed by atoms with van der Waals surface area (Å²) in [6.07, 6.45) is 3.28. The molecule has 38 heavy (non-hydrogen) atoms. The molecule has 1 saturated heterocycles. The largest absolute Gasteiger partial charge is 0.495 e. The van der Waals surface area contributed by atoms with Crippen molar-refractivity contribution in [1.82, 2.24) is 19.3 Å². The Kier molecular flexibility index (Phi) is 7.38. The van der Waals surface area contributed by atoms with Gasteiger partial charge in [0.15, 0.2) is 0 Å². The van der Waals surface area contributed by atoms with Crippen LogP contribution in [0.2, 0.25) is 0 Å². The summed E-state index contributed by atoms with van der Waals surface area (Å²) in [5.74, 6) is 0.413. The van der Waals surface area contributed by atoms with Crippen molar-refractivity contribution in [3.8, 4) is 34.0 Å². The number of primary sulfonamides is 1. The summed E-state index contributed by atoms with van der Waals surface area (Å²) in [5, 5.41) is 5.40. The lowest BCUT2D eigenvalue weighted by atomic mass is 10.00. The predicted octanol–water partition coefficient (Wildman–Crippen LogP) is 1.79. The molecular formula is C26H27N5O6S. The van der Waals surface area contributed by atoms with Gasteiger partial charge < -0.3 is 14.2 Å². The first kappa shape index (κ1) is 25.8. The van der Waals surface area contributed by atoms with Crippen LogP contribution in [0.15, 0.2) is 70.6 Å². The van der Waals surface area contributed by atoms with Gasteiger partial charge in [0.05, 0.1) is 32.1 Å². The SMILES string of the molecule is COc1ccc(-c2cccnc2-c2ccc3nc(OCCN4CCOCC4)cc(=O)n3c2)cc1S(N)(=O)=O. The highest BCUT2D eigenvalue weighted by Crippen LogP contribution is 2.34. The summed E-state index contributed by atoms with van der Waals surface area (Å²) < 4.78 is 42.0. The average Bonchev–Trinajstić information content (AvgIpc) is 2.93. The van der Waals surface area contributed by atoms with Crippen LogP contribution in [0, 0.1) is 0 Å². The smallest absolute Gasteiger partial charge is 0.261 e. The van der Waals surface area contributed by atoms with Crippen molar-refractivity contribution in [2.45, 2.75) is 4.90 Å². The van der Waals surface area contributed by atoms with Gasteiger partial charge in [-0.25, -0.2) is 13.6 Å². The molecule has 3 aromatic heterocycles. The molecule has 1 aliphatic rings. The molecule has 4 heterocycles. The van der Waals surface area contributed by atoms with Gasteiger partial charge in [0.2, 0.25) is 15.9 Å². The van der Waals surface area contributed by atoms with E-state index in [-0.39, 0.29) is 22.1 Å². The summed E-state index contributed by atoms with van der Waals surface area (Å²) in [7, 11) is -2.65. The summed E-state index contributed by atoms with van der Waals surface area (Å²) in [6.45, 7) is 4.28. The number of hydrogen-bond donors (Lipinski definition) is 1. The lowest BCUT2D eigenvalue weighted by Crippen LogP contribution is -2.38. The fraction of sp³-hybridized carbons (Fsp3) is 0.269. The Morgan fingerprint density at radius 3 is 2.63 bits per heavy atom. The number of ether oxygens (including phenoxy) is 3. The molecule has 1 fully saturated rings. The molecule has 0 amide bonds. The molecule has 0 bridgehead atoms. The maximum Gasteiger partial charge on any atom is 0.261 e. The van der Waals surface area contributed by atoms with Crippen molar-refractivity contribution in [3.05, 3.63) is 71.3 Å². The summed E-state index contributed by atoms with van der Waals surface area (Å²) >= 11 is 0. The number of nitrogens with two attached hydrogens (primary N) is 1. The maximum absolute atomic E-state index is 12.9. The van der Waals surface area contributed by atoms with Gasteiger partial charge in [-0.05, 0) is 35.9 Å². The minimum atomic E-state index is -4.02. The van der Waals surface area contributed by atoms with E-state index in [1.165, 1.54) is 23.6 Å². The molecule has 0 aliphatic carbocycles. The molecule has 12 heteroatoms. The van der Waals surface area contributed by atoms with E-state index in [1.54, 1.807) is 42.7 Å². The van der Waals surface area contributed by atoms with Crippen LogP contribution in [-0.4, -0.2) is 74.3 Å². The third-order valence-electron chi connectivity index (χ3n) is 6.26. The van der Waals surface area contributed by atoms with Crippen molar-refractivity contribution < 1.29 is 22.6 Å². The van der Waals surface area contributed by atoms with Gasteiger partial charge in [-0.2, -0.15) is 4.98 Å². The lowest BCUT2D eigenvalue weighted by Gasteiger charge is -2.26. The first-order valence-corrected chi connectivity index (χ1v) is 13.5. The Bertz CT molecular complexity index is 1630. The topological polar surface area (TPSA) is 138 Å². The highest BCUT2D eigenvalue weighted by atomic mass is 32.2. The second kappa shape index (κ2) is 10.9. The van der Waals surface area contributed by atoms with Crippen LogP contribution in [0.4, 0.5) is 0 Å². The van der Waals surface area contributed by atoms with Crippen molar-refractivity contribution in [1.29, 1.82) is 0 Å². The minimum absolute atomic E-state index is 0.132. The number of fused-ring (bicyclic) bond motifs is 1. The van der Waals surface area contributed by atoms with Crippen molar-refractivity contribution in [2.24, 2.45) is 5.14 Å². The monoisotopic (exact) mass is 537 g/mol. The number of nitrogens with zero attached hydrogens (tertiary/aromatic N) is 4. The molecule has 1 aliphatic heterocycles. The number of methoxy groups -OCH3 is 1. The molecular weight excluding hydrogens is 510 g/mol. The van der Waals surface area contributed by atoms with Crippen molar-refractivity contribution in [2.75, 3.05) is 46.6 Å². The highest BCUT2D eigenvalue weighted by Gasteiger charge is 2.18. The van der Waals surface area contributed by atoms with Crippen LogP contribution >= 0.6 is 0 Å². The number of rotatable bonds is 8. The predicted molar refractivity (Wildman–Crippen MR) is 141 cm³/mol. The molecule has 0 radical (unpaired) electrons. The van der Waals surface area contributed by atoms with E-state index in [1.807, 2.05) is 6.07 Å². The second-order valence-corrected chi connectivity index (χ2v) is 10.2. The highest BCUT2D eigenvalue weighted by molar-refractivity contribution is 7.89. The second-order valence-electron chi connectivity index (χ2n) is 8.69. The first-order chi connectivity index (χ1) is 18.3. The van der Waals surface area contributed by atoms with Crippen LogP contribution in [0.3, 0.4) is 0 Å². The first-order valence-electron chi connectivity index (χ1n) is 12.0. The van der Waals surface area contributed by atoms with E-state index in [0.717, 1.165) is 19.6 Å². The Morgan fingerprint density at radius 2 is 1.87 bits per heavy atom. The third-order valence-corrected chi connectivity index (χ3v) is 7.19. The molecule has 2 N–H and O–H groups in total. The van der Waals surface area contributed by atoms with Crippen molar-refractivity contribution in [3.63, 3.8) is 0 Å². The van der Waals surface area contributed by atoms with Gasteiger partial charge in [0.1, 0.15) is 22.9 Å². The molecule has 198 valence electrons. The Labute approximate surface area is 219 Å². The van der Waals surface area contributed by atoms with Crippen LogP contribution in [0.1, 0.15) is 0 Å². The van der Waals surface area contributed by atoms with E-state index < -0.39 is 10.0 Å². The number of benzene rings is 1. The van der Waals surface area contributed by atoms with Gasteiger partial charge in [-0.15, -0.1) is 0 Å². The van der Waals surface area contributed by atoms with Crippen LogP contribution in [0.25, 0.3) is 28.0 Å². The molecule has 0 atom stereocenters. The van der Waals surface area contributed by atoms with Crippen LogP contribution < -0.4 is 20.2 Å². The number of hydrogen-bond acceptors (Lipinski definition) is 9. The number of sulfonamides is 1. The quantitative estimate of drug-likeness (QED) is 0.356. The minimum Gasteiger partial charge on any atom is -0.495 e. The number of aromatic nitrogens is 3. The van der Waals surface area contributed by atoms with Gasteiger partial charge in [-0.3, -0.25) is 19.1 Å². The Morgan fingerprint density at radius 1 is 1.08 bits per heavy atom. The summed E-state index contributed by atoms with van der Waals surface area (Å²) in [5.41, 5.74) is 2.57. The molecule has 4 aromatic rings. The number of morpholine rings is 1. The maximum atomic E-state index is 12.9. The fourth-order valence-corrected chi connectivity index (χ4v) is 5.06.